The first-order chi connectivity index (χ1) is 20.5. The van der Waals surface area contributed by atoms with Crippen molar-refractivity contribution < 1.29 is 32.6 Å². The minimum absolute atomic E-state index is 0.0305. The van der Waals surface area contributed by atoms with Crippen molar-refractivity contribution in [2.75, 3.05) is 25.5 Å². The Hall–Kier alpha value is -4.25. The van der Waals surface area contributed by atoms with E-state index in [-0.39, 0.29) is 43.0 Å². The van der Waals surface area contributed by atoms with Crippen molar-refractivity contribution in [3.05, 3.63) is 89.0 Å². The summed E-state index contributed by atoms with van der Waals surface area (Å²) in [7, 11) is -0.768. The highest BCUT2D eigenvalue weighted by Crippen LogP contribution is 2.33. The molecule has 0 aliphatic carbocycles. The van der Waals surface area contributed by atoms with Crippen molar-refractivity contribution in [3.8, 4) is 5.75 Å². The molecule has 4 rings (SSSR count). The zero-order chi connectivity index (χ0) is 31.1. The highest BCUT2D eigenvalue weighted by Gasteiger charge is 2.36. The maximum Gasteiger partial charge on any atom is 0.318 e. The van der Waals surface area contributed by atoms with E-state index < -0.39 is 37.7 Å². The molecule has 3 amide bonds. The summed E-state index contributed by atoms with van der Waals surface area (Å²) in [4.78, 5) is 40.5. The van der Waals surface area contributed by atoms with Crippen LogP contribution in [-0.2, 0) is 27.4 Å². The average molecular weight is 610 g/mol. The molecule has 43 heavy (non-hydrogen) atoms. The lowest BCUT2D eigenvalue weighted by atomic mass is 9.91. The fourth-order valence-electron chi connectivity index (χ4n) is 5.14. The number of esters is 1. The summed E-state index contributed by atoms with van der Waals surface area (Å²) < 4.78 is 40.4. The third-order valence-corrected chi connectivity index (χ3v) is 9.20. The van der Waals surface area contributed by atoms with Crippen LogP contribution in [0.5, 0.6) is 5.75 Å². The Morgan fingerprint density at radius 3 is 2.35 bits per heavy atom. The van der Waals surface area contributed by atoms with E-state index in [1.165, 1.54) is 4.90 Å². The van der Waals surface area contributed by atoms with Crippen LogP contribution in [-0.4, -0.2) is 51.1 Å². The molecule has 1 heterocycles. The molecule has 1 atom stereocenters. The predicted octanol–water partition coefficient (Wildman–Crippen LogP) is 5.29. The van der Waals surface area contributed by atoms with Crippen LogP contribution in [0.15, 0.2) is 60.7 Å². The highest BCUT2D eigenvalue weighted by atomic mass is 28.3. The maximum atomic E-state index is 14.9. The summed E-state index contributed by atoms with van der Waals surface area (Å²) in [5.41, 5.74) is 2.27. The molecule has 228 valence electrons. The molecule has 2 N–H and O–H groups in total. The fraction of sp³-hybridized carbons (Fsp3) is 0.344. The SMILES string of the molecule is COc1ccc2c(c1)CCN(C(=O)NCCCC(=O)OCc1ccccc1)[C@H]2C(=O)Nc1cc(F)c([Si](C)(C)C)c(F)c1. The molecule has 0 aromatic heterocycles. The van der Waals surface area contributed by atoms with Gasteiger partial charge in [0.05, 0.1) is 15.2 Å². The number of hydrogen-bond donors (Lipinski definition) is 2. The number of nitrogens with zero attached hydrogens (tertiary/aromatic N) is 1. The van der Waals surface area contributed by atoms with Gasteiger partial charge in [-0.2, -0.15) is 0 Å². The first-order valence-electron chi connectivity index (χ1n) is 14.2. The van der Waals surface area contributed by atoms with E-state index in [1.807, 2.05) is 56.0 Å². The van der Waals surface area contributed by atoms with Crippen LogP contribution < -0.4 is 20.6 Å². The van der Waals surface area contributed by atoms with Gasteiger partial charge in [-0.1, -0.05) is 56.0 Å². The molecule has 0 spiro atoms. The second-order valence-electron chi connectivity index (χ2n) is 11.4. The van der Waals surface area contributed by atoms with E-state index in [0.29, 0.717) is 24.2 Å². The smallest absolute Gasteiger partial charge is 0.318 e. The largest absolute Gasteiger partial charge is 0.497 e. The molecule has 11 heteroatoms. The Morgan fingerprint density at radius 2 is 1.70 bits per heavy atom. The van der Waals surface area contributed by atoms with Gasteiger partial charge in [-0.15, -0.1) is 0 Å². The summed E-state index contributed by atoms with van der Waals surface area (Å²) in [6, 6.07) is 15.2. The van der Waals surface area contributed by atoms with Crippen LogP contribution in [0.3, 0.4) is 0 Å². The Morgan fingerprint density at radius 1 is 1.00 bits per heavy atom. The van der Waals surface area contributed by atoms with E-state index >= 15 is 0 Å². The van der Waals surface area contributed by atoms with Gasteiger partial charge < -0.3 is 25.0 Å². The lowest BCUT2D eigenvalue weighted by Gasteiger charge is -2.36. The van der Waals surface area contributed by atoms with Gasteiger partial charge in [0.1, 0.15) is 30.0 Å². The number of urea groups is 1. The third kappa shape index (κ3) is 7.98. The molecule has 0 bridgehead atoms. The second-order valence-corrected chi connectivity index (χ2v) is 16.4. The van der Waals surface area contributed by atoms with Crippen molar-refractivity contribution >= 4 is 36.9 Å². The average Bonchev–Trinajstić information content (AvgIpc) is 2.96. The summed E-state index contributed by atoms with van der Waals surface area (Å²) in [5.74, 6) is -1.79. The van der Waals surface area contributed by atoms with Crippen molar-refractivity contribution in [3.63, 3.8) is 0 Å². The molecule has 8 nitrogen and oxygen atoms in total. The standard InChI is InChI=1S/C32H37F2N3O5Si/c1-41-24-12-13-25-22(17-24)14-16-37(32(40)35-15-8-11-28(38)42-20-21-9-6-5-7-10-21)29(25)31(39)36-23-18-26(33)30(27(34)19-23)43(2,3)4/h5-7,9-10,12-13,17-19,29H,8,11,14-16,20H2,1-4H3,(H,35,40)(H,36,39)/t29-/m1/s1. The zero-order valence-electron chi connectivity index (χ0n) is 24.8. The number of hydrogen-bond acceptors (Lipinski definition) is 5. The topological polar surface area (TPSA) is 97.0 Å². The summed E-state index contributed by atoms with van der Waals surface area (Å²) in [6.45, 7) is 6.10. The molecule has 0 saturated carbocycles. The van der Waals surface area contributed by atoms with Crippen molar-refractivity contribution in [2.45, 2.75) is 51.6 Å². The minimum atomic E-state index is -2.31. The highest BCUT2D eigenvalue weighted by molar-refractivity contribution is 6.88. The number of methoxy groups -OCH3 is 1. The summed E-state index contributed by atoms with van der Waals surface area (Å²) in [6.07, 6.45) is 0.938. The molecular formula is C32H37F2N3O5Si. The number of benzene rings is 3. The van der Waals surface area contributed by atoms with Gasteiger partial charge in [0.2, 0.25) is 0 Å². The van der Waals surface area contributed by atoms with E-state index in [1.54, 1.807) is 19.2 Å². The molecular weight excluding hydrogens is 572 g/mol. The Bertz CT molecular complexity index is 1460. The van der Waals surface area contributed by atoms with Crippen LogP contribution in [0.4, 0.5) is 19.3 Å². The van der Waals surface area contributed by atoms with Crippen molar-refractivity contribution in [1.82, 2.24) is 10.2 Å². The van der Waals surface area contributed by atoms with E-state index in [2.05, 4.69) is 10.6 Å². The number of nitrogens with one attached hydrogen (secondary N) is 2. The molecule has 0 saturated heterocycles. The molecule has 0 fully saturated rings. The van der Waals surface area contributed by atoms with Gasteiger partial charge in [-0.05, 0) is 53.8 Å². The van der Waals surface area contributed by atoms with E-state index in [0.717, 1.165) is 23.3 Å². The van der Waals surface area contributed by atoms with Crippen molar-refractivity contribution in [1.29, 1.82) is 0 Å². The van der Waals surface area contributed by atoms with Crippen LogP contribution >= 0.6 is 0 Å². The number of ether oxygens (including phenoxy) is 2. The van der Waals surface area contributed by atoms with Crippen LogP contribution in [0.25, 0.3) is 0 Å². The Kier molecular flexibility index (Phi) is 10.2. The van der Waals surface area contributed by atoms with Gasteiger partial charge in [0, 0.05) is 30.4 Å². The number of carbonyl (C=O) groups is 3. The van der Waals surface area contributed by atoms with E-state index in [4.69, 9.17) is 9.47 Å². The van der Waals surface area contributed by atoms with Gasteiger partial charge >= 0.3 is 12.0 Å². The molecule has 0 unspecified atom stereocenters. The van der Waals surface area contributed by atoms with Gasteiger partial charge in [0.25, 0.3) is 5.91 Å². The van der Waals surface area contributed by atoms with Crippen LogP contribution in [0.1, 0.15) is 35.6 Å². The third-order valence-electron chi connectivity index (χ3n) is 7.22. The summed E-state index contributed by atoms with van der Waals surface area (Å²) >= 11 is 0. The normalized spacial score (nSPS) is 14.5. The zero-order valence-corrected chi connectivity index (χ0v) is 25.8. The lowest BCUT2D eigenvalue weighted by Crippen LogP contribution is -2.49. The molecule has 1 aliphatic heterocycles. The van der Waals surface area contributed by atoms with Gasteiger partial charge in [-0.3, -0.25) is 9.59 Å². The number of rotatable bonds is 10. The number of amides is 3. The van der Waals surface area contributed by atoms with Gasteiger partial charge in [0.15, 0.2) is 0 Å². The molecule has 3 aromatic carbocycles. The van der Waals surface area contributed by atoms with E-state index in [9.17, 15) is 23.2 Å². The molecule has 1 aliphatic rings. The predicted molar refractivity (Wildman–Crippen MR) is 163 cm³/mol. The first-order valence-corrected chi connectivity index (χ1v) is 17.7. The number of carbonyl (C=O) groups excluding carboxylic acids is 3. The van der Waals surface area contributed by atoms with Crippen LogP contribution in [0, 0.1) is 11.6 Å². The number of halogens is 2. The second kappa shape index (κ2) is 13.8. The number of fused-ring (bicyclic) bond motifs is 1. The molecule has 0 radical (unpaired) electrons. The molecule has 3 aromatic rings. The quantitative estimate of drug-likeness (QED) is 0.185. The fourth-order valence-corrected chi connectivity index (χ4v) is 6.72. The minimum Gasteiger partial charge on any atom is -0.497 e. The van der Waals surface area contributed by atoms with Gasteiger partial charge in [-0.25, -0.2) is 13.6 Å². The monoisotopic (exact) mass is 609 g/mol. The first kappa shape index (κ1) is 31.7. The Labute approximate surface area is 251 Å². The maximum absolute atomic E-state index is 14.9. The van der Waals surface area contributed by atoms with Crippen LogP contribution in [0.2, 0.25) is 19.6 Å². The lowest BCUT2D eigenvalue weighted by molar-refractivity contribution is -0.145. The number of anilines is 1. The Balaban J connectivity index is 1.44. The summed E-state index contributed by atoms with van der Waals surface area (Å²) in [5, 5.41) is 5.46. The van der Waals surface area contributed by atoms with Crippen molar-refractivity contribution in [2.24, 2.45) is 0 Å².